The molecule has 0 saturated heterocycles. The molecule has 0 atom stereocenters. The van der Waals surface area contributed by atoms with E-state index in [0.717, 1.165) is 45.1 Å². The zero-order chi connectivity index (χ0) is 39.4. The van der Waals surface area contributed by atoms with Crippen molar-refractivity contribution < 1.29 is 69.8 Å². The van der Waals surface area contributed by atoms with Crippen LogP contribution in [0.1, 0.15) is 0 Å². The number of hydrogen-bond acceptors (Lipinski definition) is 6. The maximum Gasteiger partial charge on any atom is 2.00 e. The number of hydrogen-bond donors (Lipinski definition) is 1. The minimum absolute atomic E-state index is 0. The maximum atomic E-state index is 9.87. The van der Waals surface area contributed by atoms with E-state index in [1.807, 2.05) is 121 Å². The van der Waals surface area contributed by atoms with Crippen molar-refractivity contribution in [3.05, 3.63) is 146 Å². The van der Waals surface area contributed by atoms with Crippen LogP contribution in [0.25, 0.3) is 45.1 Å². The van der Waals surface area contributed by atoms with Crippen LogP contribution in [0.4, 0.5) is 50.4 Å². The summed E-state index contributed by atoms with van der Waals surface area (Å²) in [7, 11) is -21.3. The normalized spacial score (nSPS) is 13.3. The van der Waals surface area contributed by atoms with Crippen LogP contribution < -0.4 is 0 Å². The summed E-state index contributed by atoms with van der Waals surface area (Å²) >= 11 is 0. The fraction of sp³-hybridized carbons (Fsp3) is 0. The van der Waals surface area contributed by atoms with Gasteiger partial charge in [0.1, 0.15) is 0 Å². The third-order valence-corrected chi connectivity index (χ3v) is 5.55. The molecular weight excluding hydrogens is 873 g/mol. The Morgan fingerprint density at radius 1 is 0.370 bits per heavy atom. The Balaban J connectivity index is 0.000000246. The average molecular weight is 899 g/mol. The molecule has 0 saturated carbocycles. The number of aromatic nitrogens is 7. The minimum Gasteiger partial charge on any atom is -0.278 e. The van der Waals surface area contributed by atoms with Gasteiger partial charge in [0, 0.05) is 30.2 Å². The molecule has 7 aromatic rings. The van der Waals surface area contributed by atoms with Crippen LogP contribution in [-0.4, -0.2) is 35.1 Å². The number of halogens is 12. The zero-order valence-electron chi connectivity index (χ0n) is 26.8. The van der Waals surface area contributed by atoms with E-state index in [4.69, 9.17) is 0 Å². The molecule has 0 bridgehead atoms. The van der Waals surface area contributed by atoms with Gasteiger partial charge >= 0.3 is 85.5 Å². The second kappa shape index (κ2) is 16.6. The van der Waals surface area contributed by atoms with Crippen molar-refractivity contribution in [3.63, 3.8) is 0 Å². The van der Waals surface area contributed by atoms with Gasteiger partial charge < -0.3 is 0 Å². The van der Waals surface area contributed by atoms with Gasteiger partial charge in [-0.05, 0) is 66.7 Å². The Kier molecular flexibility index (Phi) is 13.9. The predicted octanol–water partition coefficient (Wildman–Crippen LogP) is 13.7. The van der Waals surface area contributed by atoms with Crippen LogP contribution >= 0.6 is 15.6 Å². The SMILES string of the molecule is F[P-](F)(F)(F)(F)F.F[P-](F)(F)(F)(F)F.[Ru+2].c1ccc(-c2cccc(-c3ccccn3)n2)nc1.c1ccc(-c2ccccn2)nc1.c1ccc2[nH]ncc2c1. The van der Waals surface area contributed by atoms with Crippen molar-refractivity contribution in [3.8, 4) is 34.2 Å². The molecule has 22 heteroatoms. The quantitative estimate of drug-likeness (QED) is 0.108. The fourth-order valence-corrected chi connectivity index (χ4v) is 3.66. The molecule has 6 heterocycles. The zero-order valence-corrected chi connectivity index (χ0v) is 30.4. The summed E-state index contributed by atoms with van der Waals surface area (Å²) in [4.78, 5) is 21.6. The monoisotopic (exact) mass is 899 g/mol. The van der Waals surface area contributed by atoms with Crippen molar-refractivity contribution in [2.75, 3.05) is 0 Å². The third-order valence-electron chi connectivity index (χ3n) is 5.55. The molecule has 0 aliphatic carbocycles. The molecule has 0 aliphatic rings. The number of nitrogens with zero attached hydrogens (tertiary/aromatic N) is 6. The van der Waals surface area contributed by atoms with Gasteiger partial charge in [0.15, 0.2) is 0 Å². The summed E-state index contributed by atoms with van der Waals surface area (Å²) in [6, 6.07) is 37.1. The largest absolute Gasteiger partial charge is 2.00 e. The van der Waals surface area contributed by atoms with Gasteiger partial charge in [-0.1, -0.05) is 48.5 Å². The van der Waals surface area contributed by atoms with Crippen LogP contribution in [0.3, 0.4) is 0 Å². The second-order valence-corrected chi connectivity index (χ2v) is 14.0. The average Bonchev–Trinajstić information content (AvgIpc) is 3.57. The topological polar surface area (TPSA) is 93.1 Å². The fourth-order valence-electron chi connectivity index (χ4n) is 3.66. The van der Waals surface area contributed by atoms with E-state index in [2.05, 4.69) is 35.1 Å². The number of nitrogens with one attached hydrogen (secondary N) is 1. The number of H-pyrrole nitrogens is 1. The number of pyridine rings is 5. The summed E-state index contributed by atoms with van der Waals surface area (Å²) in [6.45, 7) is 0. The van der Waals surface area contributed by atoms with E-state index in [1.165, 1.54) is 0 Å². The van der Waals surface area contributed by atoms with Crippen LogP contribution in [0.5, 0.6) is 0 Å². The molecular formula is C32H25F12N7P2Ru. The van der Waals surface area contributed by atoms with Gasteiger partial charge in [0.25, 0.3) is 0 Å². The number of aromatic amines is 1. The maximum absolute atomic E-state index is 10.7. The van der Waals surface area contributed by atoms with Crippen LogP contribution in [0, 0.1) is 0 Å². The first-order valence-corrected chi connectivity index (χ1v) is 18.5. The molecule has 54 heavy (non-hydrogen) atoms. The van der Waals surface area contributed by atoms with E-state index in [1.54, 1.807) is 24.8 Å². The molecule has 0 amide bonds. The van der Waals surface area contributed by atoms with Crippen molar-refractivity contribution in [2.24, 2.45) is 0 Å². The van der Waals surface area contributed by atoms with E-state index in [-0.39, 0.29) is 19.5 Å². The molecule has 6 aromatic heterocycles. The standard InChI is InChI=1S/C15H11N3.C10H8N2.C7H6N2.2F6P.Ru/c1-3-10-16-12(6-1)14-8-5-9-15(18-14)13-7-2-4-11-17-13;1-3-7-11-9(5-1)10-6-2-4-8-12-10;1-2-4-7-6(3-1)5-8-9-7;2*1-7(2,3,4,5)6;/h1-11H;1-8H;1-5H,(H,8,9);;;/q;;;2*-1;+2. The van der Waals surface area contributed by atoms with Gasteiger partial charge in [-0.15, -0.1) is 0 Å². The molecule has 1 N–H and O–H groups in total. The number of benzene rings is 1. The van der Waals surface area contributed by atoms with Crippen molar-refractivity contribution in [2.45, 2.75) is 0 Å². The third kappa shape index (κ3) is 22.9. The Labute approximate surface area is 311 Å². The summed E-state index contributed by atoms with van der Waals surface area (Å²) in [5, 5.41) is 7.91. The van der Waals surface area contributed by atoms with Gasteiger partial charge in [0.2, 0.25) is 0 Å². The summed E-state index contributed by atoms with van der Waals surface area (Å²) in [5.41, 5.74) is 6.39. The molecule has 7 rings (SSSR count). The summed E-state index contributed by atoms with van der Waals surface area (Å²) in [6.07, 6.45) is 8.89. The number of rotatable bonds is 3. The molecule has 1 aromatic carbocycles. The molecule has 0 unspecified atom stereocenters. The van der Waals surface area contributed by atoms with Gasteiger partial charge in [-0.25, -0.2) is 4.98 Å². The van der Waals surface area contributed by atoms with Crippen LogP contribution in [0.2, 0.25) is 0 Å². The van der Waals surface area contributed by atoms with E-state index >= 15 is 0 Å². The minimum atomic E-state index is -10.7. The molecule has 0 radical (unpaired) electrons. The first kappa shape index (κ1) is 45.2. The molecule has 0 spiro atoms. The Bertz CT molecular complexity index is 2000. The summed E-state index contributed by atoms with van der Waals surface area (Å²) in [5.74, 6) is 0. The molecule has 0 fully saturated rings. The van der Waals surface area contributed by atoms with Gasteiger partial charge in [-0.3, -0.25) is 25.0 Å². The number of para-hydroxylation sites is 1. The van der Waals surface area contributed by atoms with Gasteiger partial charge in [0.05, 0.1) is 45.9 Å². The van der Waals surface area contributed by atoms with E-state index in [0.29, 0.717) is 0 Å². The van der Waals surface area contributed by atoms with E-state index < -0.39 is 15.6 Å². The first-order valence-electron chi connectivity index (χ1n) is 14.4. The smallest absolute Gasteiger partial charge is 0.278 e. The number of fused-ring (bicyclic) bond motifs is 1. The Hall–Kier alpha value is -4.92. The Morgan fingerprint density at radius 2 is 0.667 bits per heavy atom. The predicted molar refractivity (Wildman–Crippen MR) is 181 cm³/mol. The van der Waals surface area contributed by atoms with Crippen molar-refractivity contribution >= 4 is 26.5 Å². The summed E-state index contributed by atoms with van der Waals surface area (Å²) < 4.78 is 118. The first-order chi connectivity index (χ1) is 24.3. The van der Waals surface area contributed by atoms with Crippen molar-refractivity contribution in [1.82, 2.24) is 35.1 Å². The Morgan fingerprint density at radius 3 is 0.981 bits per heavy atom. The second-order valence-electron chi connectivity index (χ2n) is 10.1. The van der Waals surface area contributed by atoms with Crippen LogP contribution in [-0.2, 0) is 19.5 Å². The van der Waals surface area contributed by atoms with Gasteiger partial charge in [-0.2, -0.15) is 5.10 Å². The van der Waals surface area contributed by atoms with E-state index in [9.17, 15) is 50.4 Å². The van der Waals surface area contributed by atoms with Crippen molar-refractivity contribution in [1.29, 1.82) is 0 Å². The molecule has 7 nitrogen and oxygen atoms in total. The van der Waals surface area contributed by atoms with Crippen LogP contribution in [0.15, 0.2) is 146 Å². The molecule has 0 aliphatic heterocycles. The molecule has 290 valence electrons.